The zero-order valence-electron chi connectivity index (χ0n) is 13.5. The quantitative estimate of drug-likeness (QED) is 0.745. The van der Waals surface area contributed by atoms with Gasteiger partial charge in [0.1, 0.15) is 5.60 Å². The minimum atomic E-state index is -1.28. The van der Waals surface area contributed by atoms with Gasteiger partial charge in [-0.25, -0.2) is 0 Å². The molecule has 126 valence electrons. The number of anilines is 1. The summed E-state index contributed by atoms with van der Waals surface area (Å²) in [7, 11) is 0. The fourth-order valence-electron chi connectivity index (χ4n) is 2.15. The average Bonchev–Trinajstić information content (AvgIpc) is 2.56. The Hall–Kier alpha value is -2.37. The van der Waals surface area contributed by atoms with E-state index in [0.717, 1.165) is 5.56 Å². The van der Waals surface area contributed by atoms with Gasteiger partial charge >= 0.3 is 11.8 Å². The predicted octanol–water partition coefficient (Wildman–Crippen LogP) is 2.61. The molecule has 2 aromatic carbocycles. The Morgan fingerprint density at radius 1 is 1.12 bits per heavy atom. The van der Waals surface area contributed by atoms with Crippen LogP contribution in [0.1, 0.15) is 18.1 Å². The van der Waals surface area contributed by atoms with E-state index in [9.17, 15) is 14.7 Å². The largest absolute Gasteiger partial charge is 0.384 e. The van der Waals surface area contributed by atoms with E-state index >= 15 is 0 Å². The Bertz CT molecular complexity index is 745. The van der Waals surface area contributed by atoms with Crippen molar-refractivity contribution in [2.24, 2.45) is 0 Å². The first kappa shape index (κ1) is 18.0. The zero-order valence-corrected chi connectivity index (χ0v) is 14.2. The summed E-state index contributed by atoms with van der Waals surface area (Å²) in [5.41, 5.74) is 0.638. The Labute approximate surface area is 145 Å². The van der Waals surface area contributed by atoms with Crippen LogP contribution in [0, 0.1) is 6.92 Å². The summed E-state index contributed by atoms with van der Waals surface area (Å²) in [6, 6.07) is 14.0. The minimum Gasteiger partial charge on any atom is -0.384 e. The second-order valence-electron chi connectivity index (χ2n) is 5.76. The fourth-order valence-corrected chi connectivity index (χ4v) is 2.31. The van der Waals surface area contributed by atoms with Gasteiger partial charge in [-0.15, -0.1) is 0 Å². The smallest absolute Gasteiger partial charge is 0.313 e. The van der Waals surface area contributed by atoms with Crippen LogP contribution < -0.4 is 10.6 Å². The number of hydrogen-bond donors (Lipinski definition) is 3. The maximum absolute atomic E-state index is 12.0. The van der Waals surface area contributed by atoms with E-state index in [0.29, 0.717) is 16.3 Å². The molecule has 0 saturated carbocycles. The maximum Gasteiger partial charge on any atom is 0.313 e. The first-order valence-corrected chi connectivity index (χ1v) is 7.80. The summed E-state index contributed by atoms with van der Waals surface area (Å²) in [6.07, 6.45) is 0. The number of carbonyl (C=O) groups excluding carboxylic acids is 2. The van der Waals surface area contributed by atoms with Crippen molar-refractivity contribution in [1.29, 1.82) is 0 Å². The molecule has 0 aliphatic carbocycles. The van der Waals surface area contributed by atoms with E-state index in [4.69, 9.17) is 11.6 Å². The first-order chi connectivity index (χ1) is 11.3. The molecule has 0 spiro atoms. The van der Waals surface area contributed by atoms with Crippen molar-refractivity contribution in [2.45, 2.75) is 19.4 Å². The minimum absolute atomic E-state index is 0.0924. The zero-order chi connectivity index (χ0) is 17.7. The molecule has 3 N–H and O–H groups in total. The SMILES string of the molecule is Cc1ccc(Cl)c(NC(=O)C(=O)NCC(C)(O)c2ccccc2)c1. The van der Waals surface area contributed by atoms with Crippen molar-refractivity contribution in [1.82, 2.24) is 5.32 Å². The van der Waals surface area contributed by atoms with Crippen LogP contribution in [0.15, 0.2) is 48.5 Å². The lowest BCUT2D eigenvalue weighted by molar-refractivity contribution is -0.136. The molecule has 2 aromatic rings. The van der Waals surface area contributed by atoms with Crippen molar-refractivity contribution in [3.05, 3.63) is 64.7 Å². The van der Waals surface area contributed by atoms with E-state index < -0.39 is 17.4 Å². The van der Waals surface area contributed by atoms with Crippen LogP contribution in [0.2, 0.25) is 5.02 Å². The van der Waals surface area contributed by atoms with E-state index in [-0.39, 0.29) is 6.54 Å². The van der Waals surface area contributed by atoms with Gasteiger partial charge in [-0.2, -0.15) is 0 Å². The number of aliphatic hydroxyl groups is 1. The van der Waals surface area contributed by atoms with Crippen molar-refractivity contribution >= 4 is 29.1 Å². The number of benzene rings is 2. The van der Waals surface area contributed by atoms with Gasteiger partial charge in [0.05, 0.1) is 17.3 Å². The number of amides is 2. The standard InChI is InChI=1S/C18H19ClN2O3/c1-12-8-9-14(19)15(10-12)21-17(23)16(22)20-11-18(2,24)13-6-4-3-5-7-13/h3-10,24H,11H2,1-2H3,(H,20,22)(H,21,23). The van der Waals surface area contributed by atoms with Crippen LogP contribution in [-0.4, -0.2) is 23.5 Å². The Morgan fingerprint density at radius 2 is 1.79 bits per heavy atom. The number of rotatable bonds is 4. The normalized spacial score (nSPS) is 13.0. The molecule has 5 nitrogen and oxygen atoms in total. The molecular weight excluding hydrogens is 328 g/mol. The lowest BCUT2D eigenvalue weighted by atomic mass is 9.96. The number of aryl methyl sites for hydroxylation is 1. The van der Waals surface area contributed by atoms with Crippen molar-refractivity contribution < 1.29 is 14.7 Å². The van der Waals surface area contributed by atoms with Crippen LogP contribution >= 0.6 is 11.6 Å². The molecule has 0 aromatic heterocycles. The molecule has 0 radical (unpaired) electrons. The Kier molecular flexibility index (Phi) is 5.59. The molecule has 6 heteroatoms. The number of carbonyl (C=O) groups is 2. The molecular formula is C18H19ClN2O3. The first-order valence-electron chi connectivity index (χ1n) is 7.43. The summed E-state index contributed by atoms with van der Waals surface area (Å²) in [4.78, 5) is 23.9. The van der Waals surface area contributed by atoms with Gasteiger partial charge in [0.15, 0.2) is 0 Å². The van der Waals surface area contributed by atoms with Crippen LogP contribution in [0.3, 0.4) is 0 Å². The van der Waals surface area contributed by atoms with Gasteiger partial charge in [0.2, 0.25) is 0 Å². The van der Waals surface area contributed by atoms with E-state index in [1.54, 1.807) is 49.4 Å². The molecule has 0 saturated heterocycles. The monoisotopic (exact) mass is 346 g/mol. The molecule has 0 aliphatic heterocycles. The molecule has 0 heterocycles. The third-order valence-corrected chi connectivity index (χ3v) is 3.89. The van der Waals surface area contributed by atoms with Crippen molar-refractivity contribution in [3.8, 4) is 0 Å². The van der Waals surface area contributed by atoms with Crippen LogP contribution in [0.4, 0.5) is 5.69 Å². The molecule has 0 fully saturated rings. The van der Waals surface area contributed by atoms with Gasteiger partial charge in [-0.3, -0.25) is 9.59 Å². The van der Waals surface area contributed by atoms with Gasteiger partial charge in [-0.05, 0) is 37.1 Å². The predicted molar refractivity (Wildman–Crippen MR) is 93.8 cm³/mol. The van der Waals surface area contributed by atoms with Gasteiger partial charge in [-0.1, -0.05) is 48.0 Å². The maximum atomic E-state index is 12.0. The Balaban J connectivity index is 1.97. The highest BCUT2D eigenvalue weighted by Crippen LogP contribution is 2.22. The van der Waals surface area contributed by atoms with E-state index in [2.05, 4.69) is 10.6 Å². The third kappa shape index (κ3) is 4.57. The molecule has 24 heavy (non-hydrogen) atoms. The van der Waals surface area contributed by atoms with Crippen molar-refractivity contribution in [2.75, 3.05) is 11.9 Å². The lowest BCUT2D eigenvalue weighted by Gasteiger charge is -2.24. The fraction of sp³-hybridized carbons (Fsp3) is 0.222. The molecule has 2 rings (SSSR count). The molecule has 1 atom stereocenters. The molecule has 0 bridgehead atoms. The summed E-state index contributed by atoms with van der Waals surface area (Å²) >= 11 is 5.99. The van der Waals surface area contributed by atoms with Gasteiger partial charge in [0, 0.05) is 0 Å². The van der Waals surface area contributed by atoms with Gasteiger partial charge < -0.3 is 15.7 Å². The molecule has 1 unspecified atom stereocenters. The third-order valence-electron chi connectivity index (χ3n) is 3.57. The summed E-state index contributed by atoms with van der Waals surface area (Å²) < 4.78 is 0. The van der Waals surface area contributed by atoms with E-state index in [1.165, 1.54) is 0 Å². The van der Waals surface area contributed by atoms with Crippen molar-refractivity contribution in [3.63, 3.8) is 0 Å². The van der Waals surface area contributed by atoms with Crippen LogP contribution in [-0.2, 0) is 15.2 Å². The second-order valence-corrected chi connectivity index (χ2v) is 6.17. The highest BCUT2D eigenvalue weighted by atomic mass is 35.5. The second kappa shape index (κ2) is 7.47. The molecule has 2 amide bonds. The lowest BCUT2D eigenvalue weighted by Crippen LogP contribution is -2.43. The summed E-state index contributed by atoms with van der Waals surface area (Å²) in [5, 5.41) is 15.7. The number of halogens is 1. The van der Waals surface area contributed by atoms with Crippen LogP contribution in [0.25, 0.3) is 0 Å². The highest BCUT2D eigenvalue weighted by Gasteiger charge is 2.25. The average molecular weight is 347 g/mol. The van der Waals surface area contributed by atoms with Gasteiger partial charge in [0.25, 0.3) is 0 Å². The number of nitrogens with one attached hydrogen (secondary N) is 2. The van der Waals surface area contributed by atoms with Crippen LogP contribution in [0.5, 0.6) is 0 Å². The van der Waals surface area contributed by atoms with E-state index in [1.807, 2.05) is 13.0 Å². The molecule has 0 aliphatic rings. The summed E-state index contributed by atoms with van der Waals surface area (Å²) in [6.45, 7) is 3.33. The topological polar surface area (TPSA) is 78.4 Å². The summed E-state index contributed by atoms with van der Waals surface area (Å²) in [5.74, 6) is -1.69. The Morgan fingerprint density at radius 3 is 2.46 bits per heavy atom. The highest BCUT2D eigenvalue weighted by molar-refractivity contribution is 6.41. The number of hydrogen-bond acceptors (Lipinski definition) is 3.